The summed E-state index contributed by atoms with van der Waals surface area (Å²) in [4.78, 5) is 0. The molecule has 7 nitrogen and oxygen atoms in total. The van der Waals surface area contributed by atoms with Crippen molar-refractivity contribution < 1.29 is 83.1 Å². The Kier molecular flexibility index (Phi) is 37.5. The first-order chi connectivity index (χ1) is 3.46. The van der Waals surface area contributed by atoms with Crippen molar-refractivity contribution in [3.05, 3.63) is 6.15 Å². The number of rotatable bonds is 0. The van der Waals surface area contributed by atoms with E-state index in [0.29, 0.717) is 0 Å². The minimum absolute atomic E-state index is 0. The first-order valence-corrected chi connectivity index (χ1v) is 4.59. The van der Waals surface area contributed by atoms with Crippen LogP contribution in [-0.4, -0.2) is 4.03 Å². The Morgan fingerprint density at radius 1 is 1.10 bits per heavy atom. The van der Waals surface area contributed by atoms with Gasteiger partial charge in [0.1, 0.15) is 0 Å². The topological polar surface area (TPSA) is 145 Å². The number of hydrogen-bond donors (Lipinski definition) is 1. The fourth-order valence-corrected chi connectivity index (χ4v) is 0. The molecule has 3 N–H and O–H groups in total. The summed E-state index contributed by atoms with van der Waals surface area (Å²) in [7, 11) is 0. The third-order valence-electron chi connectivity index (χ3n) is 0. The Hall–Kier alpha value is 1.25. The Labute approximate surface area is 88.4 Å². The average molecular weight is 238 g/mol. The van der Waals surface area contributed by atoms with E-state index >= 15 is 0 Å². The molecule has 56 valence electrons. The summed E-state index contributed by atoms with van der Waals surface area (Å²) in [5.74, 6) is 0. The van der Waals surface area contributed by atoms with E-state index in [9.17, 15) is 0 Å². The van der Waals surface area contributed by atoms with Crippen LogP contribution < -0.4 is 33.6 Å². The molecule has 0 saturated heterocycles. The van der Waals surface area contributed by atoms with Gasteiger partial charge in [-0.05, 0) is 0 Å². The molecule has 0 atom stereocenters. The second-order valence-corrected chi connectivity index (χ2v) is 1.90. The molecule has 0 bridgehead atoms. The molecule has 10 heteroatoms. The minimum atomic E-state index is -3.94. The maximum atomic E-state index is 8.67. The predicted octanol–water partition coefficient (Wildman–Crippen LogP) is -4.51. The molecule has 0 rings (SSSR count). The van der Waals surface area contributed by atoms with Gasteiger partial charge < -0.3 is 6.15 Å². The van der Waals surface area contributed by atoms with E-state index in [4.69, 9.17) is 22.8 Å². The molecule has 0 aromatic carbocycles. The van der Waals surface area contributed by atoms with Gasteiger partial charge in [-0.15, -0.1) is 0 Å². The summed E-state index contributed by atoms with van der Waals surface area (Å²) in [6, 6.07) is 0. The van der Waals surface area contributed by atoms with E-state index in [-0.39, 0.29) is 35.7 Å². The Morgan fingerprint density at radius 3 is 1.10 bits per heavy atom. The third kappa shape index (κ3) is 404. The zero-order chi connectivity index (χ0) is 7.15. The van der Waals surface area contributed by atoms with Gasteiger partial charge in [0.15, 0.2) is 0 Å². The Balaban J connectivity index is -0.0000000300. The molecule has 0 aliphatic rings. The van der Waals surface area contributed by atoms with E-state index < -0.39 is 30.8 Å². The van der Waals surface area contributed by atoms with Crippen molar-refractivity contribution in [3.63, 3.8) is 0 Å². The first-order valence-electron chi connectivity index (χ1n) is 1.11. The molecule has 0 amide bonds. The van der Waals surface area contributed by atoms with Crippen LogP contribution in [-0.2, 0) is 45.5 Å². The second-order valence-electron chi connectivity index (χ2n) is 0.461. The molecule has 0 aliphatic heterocycles. The van der Waals surface area contributed by atoms with Crippen LogP contribution in [0.3, 0.4) is 0 Å². The van der Waals surface area contributed by atoms with Crippen molar-refractivity contribution in [3.8, 4) is 0 Å². The molecular formula is H3NNaO6V2-. The van der Waals surface area contributed by atoms with Gasteiger partial charge in [0.25, 0.3) is 0 Å². The first kappa shape index (κ1) is 22.5. The number of hydrogen-bond acceptors (Lipinski definition) is 5. The zero-order valence-corrected chi connectivity index (χ0v) is 9.75. The fraction of sp³-hybridized carbons (Fsp3) is 0. The summed E-state index contributed by atoms with van der Waals surface area (Å²) in [6.07, 6.45) is 0. The van der Waals surface area contributed by atoms with Gasteiger partial charge in [0.05, 0.1) is 0 Å². The van der Waals surface area contributed by atoms with Crippen LogP contribution in [0.2, 0.25) is 0 Å². The van der Waals surface area contributed by atoms with E-state index in [1.165, 1.54) is 0 Å². The van der Waals surface area contributed by atoms with Crippen molar-refractivity contribution in [2.45, 2.75) is 0 Å². The van der Waals surface area contributed by atoms with E-state index in [1.54, 1.807) is 0 Å². The fourth-order valence-electron chi connectivity index (χ4n) is 0. The molecule has 10 heavy (non-hydrogen) atoms. The zero-order valence-electron chi connectivity index (χ0n) is 4.96. The van der Waals surface area contributed by atoms with Gasteiger partial charge in [-0.1, -0.05) is 0 Å². The van der Waals surface area contributed by atoms with Crippen LogP contribution in [0, 0.1) is 0 Å². The third-order valence-corrected chi connectivity index (χ3v) is 0. The summed E-state index contributed by atoms with van der Waals surface area (Å²) in [5.41, 5.74) is 0. The maximum absolute atomic E-state index is 8.67. The monoisotopic (exact) mass is 238 g/mol. The quantitative estimate of drug-likeness (QED) is 0.420. The van der Waals surface area contributed by atoms with Crippen LogP contribution in [0.4, 0.5) is 0 Å². The molecule has 0 aromatic rings. The molecule has 0 saturated carbocycles. The van der Waals surface area contributed by atoms with Crippen LogP contribution >= 0.6 is 0 Å². The van der Waals surface area contributed by atoms with Gasteiger partial charge in [0, 0.05) is 0 Å². The van der Waals surface area contributed by atoms with Crippen molar-refractivity contribution in [1.29, 1.82) is 0 Å². The van der Waals surface area contributed by atoms with Crippen LogP contribution in [0.15, 0.2) is 0 Å². The summed E-state index contributed by atoms with van der Waals surface area (Å²) >= 11 is -7.62. The molecule has 0 aliphatic carbocycles. The van der Waals surface area contributed by atoms with E-state index in [1.807, 2.05) is 0 Å². The van der Waals surface area contributed by atoms with Gasteiger partial charge >= 0.3 is 83.1 Å². The predicted molar refractivity (Wildman–Crippen MR) is 10.2 cm³/mol. The Morgan fingerprint density at radius 2 is 1.10 bits per heavy atom. The molecule has 0 aromatic heterocycles. The van der Waals surface area contributed by atoms with E-state index in [0.717, 1.165) is 0 Å². The average Bonchev–Trinajstić information content (AvgIpc) is 1.25. The second kappa shape index (κ2) is 16.7. The molecule has 0 spiro atoms. The number of nitrogens with two attached hydrogens (primary N) is 1. The normalized spacial score (nSPS) is 5.00. The van der Waals surface area contributed by atoms with Crippen molar-refractivity contribution in [2.75, 3.05) is 0 Å². The van der Waals surface area contributed by atoms with Gasteiger partial charge in [-0.25, -0.2) is 0 Å². The van der Waals surface area contributed by atoms with Crippen molar-refractivity contribution >= 4 is 0 Å². The molecule has 0 radical (unpaired) electrons. The van der Waals surface area contributed by atoms with Gasteiger partial charge in [-0.3, -0.25) is 0 Å². The molecule has 0 fully saturated rings. The SMILES string of the molecule is [NH2-].[Na+].[O]=[V](=[O])[O-].[O]=[V](=[O])[OH]. The summed E-state index contributed by atoms with van der Waals surface area (Å²) in [6.45, 7) is 0. The standard InChI is InChI=1S/H2N.Na.H2O.5O.2V/h1H2;;1H2;;;;;;;/q-1;+1;;;;;;-1;;+1/p-1. The molecule has 0 heterocycles. The van der Waals surface area contributed by atoms with Gasteiger partial charge in [0.2, 0.25) is 0 Å². The van der Waals surface area contributed by atoms with E-state index in [2.05, 4.69) is 0 Å². The van der Waals surface area contributed by atoms with Crippen LogP contribution in [0.25, 0.3) is 6.15 Å². The van der Waals surface area contributed by atoms with Crippen molar-refractivity contribution in [1.82, 2.24) is 0 Å². The molecular weight excluding hydrogens is 235 g/mol. The van der Waals surface area contributed by atoms with Crippen molar-refractivity contribution in [2.24, 2.45) is 0 Å². The molecule has 0 unspecified atom stereocenters. The summed E-state index contributed by atoms with van der Waals surface area (Å²) < 4.78 is 50.1. The Bertz CT molecular complexity index is 133. The van der Waals surface area contributed by atoms with Crippen LogP contribution in [0.5, 0.6) is 0 Å². The summed E-state index contributed by atoms with van der Waals surface area (Å²) in [5, 5.41) is 0. The van der Waals surface area contributed by atoms with Gasteiger partial charge in [-0.2, -0.15) is 0 Å². The van der Waals surface area contributed by atoms with Crippen LogP contribution in [0.1, 0.15) is 0 Å².